The van der Waals surface area contributed by atoms with Crippen LogP contribution in [0, 0.1) is 0 Å². The fraction of sp³-hybridized carbons (Fsp3) is 0.333. The van der Waals surface area contributed by atoms with E-state index in [1.165, 1.54) is 7.11 Å². The van der Waals surface area contributed by atoms with E-state index < -0.39 is 11.9 Å². The number of ether oxygens (including phenoxy) is 2. The summed E-state index contributed by atoms with van der Waals surface area (Å²) in [6.07, 6.45) is 0.115. The van der Waals surface area contributed by atoms with Gasteiger partial charge < -0.3 is 9.47 Å². The van der Waals surface area contributed by atoms with Crippen molar-refractivity contribution in [1.82, 2.24) is 0 Å². The molecule has 0 bridgehead atoms. The van der Waals surface area contributed by atoms with Gasteiger partial charge in [0.25, 0.3) is 0 Å². The van der Waals surface area contributed by atoms with E-state index in [4.69, 9.17) is 4.74 Å². The maximum atomic E-state index is 11.2. The molecule has 0 heterocycles. The minimum Gasteiger partial charge on any atom is -0.469 e. The maximum absolute atomic E-state index is 11.2. The van der Waals surface area contributed by atoms with Gasteiger partial charge in [-0.3, -0.25) is 9.59 Å². The van der Waals surface area contributed by atoms with Crippen molar-refractivity contribution in [3.05, 3.63) is 35.9 Å². The molecular formula is C12H14O4. The molecule has 0 aliphatic heterocycles. The lowest BCUT2D eigenvalue weighted by atomic mass is 10.2. The van der Waals surface area contributed by atoms with Crippen LogP contribution in [-0.2, 0) is 25.7 Å². The van der Waals surface area contributed by atoms with Crippen molar-refractivity contribution in [3.8, 4) is 0 Å². The van der Waals surface area contributed by atoms with Gasteiger partial charge in [-0.05, 0) is 5.56 Å². The van der Waals surface area contributed by atoms with Crippen LogP contribution in [0.15, 0.2) is 30.3 Å². The zero-order chi connectivity index (χ0) is 11.8. The molecule has 0 aromatic heterocycles. The molecule has 1 rings (SSSR count). The van der Waals surface area contributed by atoms with E-state index in [2.05, 4.69) is 4.74 Å². The highest BCUT2D eigenvalue weighted by atomic mass is 16.5. The first-order valence-corrected chi connectivity index (χ1v) is 4.98. The number of hydrogen-bond acceptors (Lipinski definition) is 4. The van der Waals surface area contributed by atoms with Crippen LogP contribution in [0.5, 0.6) is 0 Å². The Kier molecular flexibility index (Phi) is 5.05. The summed E-state index contributed by atoms with van der Waals surface area (Å²) in [5.74, 6) is -0.800. The first-order valence-electron chi connectivity index (χ1n) is 4.98. The Morgan fingerprint density at radius 1 is 1.06 bits per heavy atom. The fourth-order valence-corrected chi connectivity index (χ4v) is 1.12. The summed E-state index contributed by atoms with van der Waals surface area (Å²) in [5.41, 5.74) is 0.925. The monoisotopic (exact) mass is 222 g/mol. The molecule has 0 radical (unpaired) electrons. The molecule has 0 aliphatic carbocycles. The number of carbonyl (C=O) groups is 2. The van der Waals surface area contributed by atoms with Crippen LogP contribution in [0.2, 0.25) is 0 Å². The number of hydrogen-bond donors (Lipinski definition) is 0. The number of esters is 2. The van der Waals surface area contributed by atoms with Gasteiger partial charge in [0.05, 0.1) is 20.0 Å². The molecule has 86 valence electrons. The van der Waals surface area contributed by atoms with Gasteiger partial charge >= 0.3 is 11.9 Å². The summed E-state index contributed by atoms with van der Waals surface area (Å²) in [4.78, 5) is 22.0. The summed E-state index contributed by atoms with van der Waals surface area (Å²) in [7, 11) is 1.29. The average molecular weight is 222 g/mol. The smallest absolute Gasteiger partial charge is 0.306 e. The minimum atomic E-state index is -0.406. The van der Waals surface area contributed by atoms with Crippen molar-refractivity contribution in [2.45, 2.75) is 19.4 Å². The Morgan fingerprint density at radius 2 is 1.69 bits per heavy atom. The molecule has 0 spiro atoms. The van der Waals surface area contributed by atoms with Crippen LogP contribution >= 0.6 is 0 Å². The van der Waals surface area contributed by atoms with Crippen LogP contribution in [0.25, 0.3) is 0 Å². The van der Waals surface area contributed by atoms with Crippen LogP contribution in [0.4, 0.5) is 0 Å². The third-order valence-electron chi connectivity index (χ3n) is 2.00. The fourth-order valence-electron chi connectivity index (χ4n) is 1.12. The van der Waals surface area contributed by atoms with Crippen molar-refractivity contribution in [1.29, 1.82) is 0 Å². The predicted octanol–water partition coefficient (Wildman–Crippen LogP) is 1.68. The van der Waals surface area contributed by atoms with Gasteiger partial charge in [0.1, 0.15) is 6.61 Å². The largest absolute Gasteiger partial charge is 0.469 e. The van der Waals surface area contributed by atoms with Crippen LogP contribution < -0.4 is 0 Å². The molecule has 1 aromatic rings. The quantitative estimate of drug-likeness (QED) is 0.711. The molecule has 1 aromatic carbocycles. The standard InChI is InChI=1S/C12H14O4/c1-15-11(13)7-8-12(14)16-9-10-5-3-2-4-6-10/h2-6H,7-9H2,1H3. The summed E-state index contributed by atoms with van der Waals surface area (Å²) >= 11 is 0. The van der Waals surface area contributed by atoms with Crippen LogP contribution in [-0.4, -0.2) is 19.0 Å². The second-order valence-corrected chi connectivity index (χ2v) is 3.22. The minimum absolute atomic E-state index is 0.0551. The average Bonchev–Trinajstić information content (AvgIpc) is 2.34. The third kappa shape index (κ3) is 4.59. The summed E-state index contributed by atoms with van der Waals surface area (Å²) in [6, 6.07) is 9.37. The van der Waals surface area contributed by atoms with Crippen molar-refractivity contribution in [2.24, 2.45) is 0 Å². The second kappa shape index (κ2) is 6.61. The van der Waals surface area contributed by atoms with Crippen molar-refractivity contribution < 1.29 is 19.1 Å². The highest BCUT2D eigenvalue weighted by molar-refractivity contribution is 5.77. The van der Waals surface area contributed by atoms with E-state index in [1.54, 1.807) is 0 Å². The van der Waals surface area contributed by atoms with Crippen molar-refractivity contribution in [2.75, 3.05) is 7.11 Å². The molecule has 4 nitrogen and oxygen atoms in total. The summed E-state index contributed by atoms with van der Waals surface area (Å²) in [5, 5.41) is 0. The molecule has 4 heteroatoms. The van der Waals surface area contributed by atoms with Gasteiger partial charge in [0.2, 0.25) is 0 Å². The van der Waals surface area contributed by atoms with Gasteiger partial charge in [-0.2, -0.15) is 0 Å². The van der Waals surface area contributed by atoms with Crippen molar-refractivity contribution in [3.63, 3.8) is 0 Å². The first-order chi connectivity index (χ1) is 7.72. The van der Waals surface area contributed by atoms with Crippen LogP contribution in [0.1, 0.15) is 18.4 Å². The normalized spacial score (nSPS) is 9.56. The highest BCUT2D eigenvalue weighted by Crippen LogP contribution is 2.02. The van der Waals surface area contributed by atoms with Crippen molar-refractivity contribution >= 4 is 11.9 Å². The van der Waals surface area contributed by atoms with Gasteiger partial charge in [0.15, 0.2) is 0 Å². The summed E-state index contributed by atoms with van der Waals surface area (Å²) < 4.78 is 9.39. The Hall–Kier alpha value is -1.84. The van der Waals surface area contributed by atoms with E-state index in [9.17, 15) is 9.59 Å². The topological polar surface area (TPSA) is 52.6 Å². The SMILES string of the molecule is COC(=O)CCC(=O)OCc1ccccc1. The van der Waals surface area contributed by atoms with Gasteiger partial charge in [-0.1, -0.05) is 30.3 Å². The molecule has 0 fully saturated rings. The lowest BCUT2D eigenvalue weighted by Crippen LogP contribution is -2.08. The Morgan fingerprint density at radius 3 is 2.31 bits per heavy atom. The number of carbonyl (C=O) groups excluding carboxylic acids is 2. The lowest BCUT2D eigenvalue weighted by Gasteiger charge is -2.04. The molecule has 0 N–H and O–H groups in total. The molecule has 0 atom stereocenters. The maximum Gasteiger partial charge on any atom is 0.306 e. The molecule has 0 amide bonds. The molecule has 0 saturated carbocycles. The van der Waals surface area contributed by atoms with Gasteiger partial charge in [-0.25, -0.2) is 0 Å². The summed E-state index contributed by atoms with van der Waals surface area (Å²) in [6.45, 7) is 0.237. The first kappa shape index (κ1) is 12.2. The third-order valence-corrected chi connectivity index (χ3v) is 2.00. The van der Waals surface area contributed by atoms with E-state index in [0.29, 0.717) is 0 Å². The van der Waals surface area contributed by atoms with Gasteiger partial charge in [0, 0.05) is 0 Å². The van der Waals surface area contributed by atoms with Gasteiger partial charge in [-0.15, -0.1) is 0 Å². The second-order valence-electron chi connectivity index (χ2n) is 3.22. The zero-order valence-electron chi connectivity index (χ0n) is 9.14. The van der Waals surface area contributed by atoms with E-state index in [0.717, 1.165) is 5.56 Å². The van der Waals surface area contributed by atoms with E-state index in [-0.39, 0.29) is 19.4 Å². The molecule has 0 aliphatic rings. The zero-order valence-corrected chi connectivity index (χ0v) is 9.14. The number of rotatable bonds is 5. The Labute approximate surface area is 94.2 Å². The number of methoxy groups -OCH3 is 1. The molecular weight excluding hydrogens is 208 g/mol. The molecule has 0 unspecified atom stereocenters. The molecule has 16 heavy (non-hydrogen) atoms. The lowest BCUT2D eigenvalue weighted by molar-refractivity contribution is -0.149. The van der Waals surface area contributed by atoms with Crippen LogP contribution in [0.3, 0.4) is 0 Å². The Bertz CT molecular complexity index is 345. The predicted molar refractivity (Wildman–Crippen MR) is 57.5 cm³/mol. The van der Waals surface area contributed by atoms with E-state index >= 15 is 0 Å². The van der Waals surface area contributed by atoms with E-state index in [1.807, 2.05) is 30.3 Å². The number of benzene rings is 1. The Balaban J connectivity index is 2.23. The highest BCUT2D eigenvalue weighted by Gasteiger charge is 2.07. The molecule has 0 saturated heterocycles.